The standard InChI is InChI=1S/C18H25NOS/c1-12(2)19-10-17-9-16(15(5)21-17)11-20-18-7-6-13(3)8-14(18)4/h6-9,12,19H,10-11H2,1-5H3. The number of hydrogen-bond donors (Lipinski definition) is 1. The highest BCUT2D eigenvalue weighted by Crippen LogP contribution is 2.25. The minimum atomic E-state index is 0.516. The van der Waals surface area contributed by atoms with Gasteiger partial charge in [0.1, 0.15) is 12.4 Å². The van der Waals surface area contributed by atoms with Crippen LogP contribution in [0.3, 0.4) is 0 Å². The molecule has 0 saturated heterocycles. The zero-order valence-corrected chi connectivity index (χ0v) is 14.4. The van der Waals surface area contributed by atoms with E-state index < -0.39 is 0 Å². The molecule has 0 aliphatic heterocycles. The van der Waals surface area contributed by atoms with Crippen LogP contribution >= 0.6 is 11.3 Å². The molecule has 21 heavy (non-hydrogen) atoms. The second-order valence-corrected chi connectivity index (χ2v) is 7.23. The van der Waals surface area contributed by atoms with Gasteiger partial charge >= 0.3 is 0 Å². The number of hydrogen-bond acceptors (Lipinski definition) is 3. The summed E-state index contributed by atoms with van der Waals surface area (Å²) in [5.41, 5.74) is 3.76. The van der Waals surface area contributed by atoms with E-state index in [-0.39, 0.29) is 0 Å². The van der Waals surface area contributed by atoms with Crippen LogP contribution in [-0.2, 0) is 13.2 Å². The van der Waals surface area contributed by atoms with E-state index in [1.807, 2.05) is 11.3 Å². The normalized spacial score (nSPS) is 11.1. The number of thiophene rings is 1. The van der Waals surface area contributed by atoms with Gasteiger partial charge in [-0.1, -0.05) is 31.5 Å². The lowest BCUT2D eigenvalue weighted by Gasteiger charge is -2.09. The maximum Gasteiger partial charge on any atom is 0.122 e. The zero-order valence-electron chi connectivity index (χ0n) is 13.6. The van der Waals surface area contributed by atoms with Gasteiger partial charge in [-0.2, -0.15) is 0 Å². The van der Waals surface area contributed by atoms with Gasteiger partial charge in [0.25, 0.3) is 0 Å². The van der Waals surface area contributed by atoms with Crippen LogP contribution in [0.5, 0.6) is 5.75 Å². The number of rotatable bonds is 6. The maximum absolute atomic E-state index is 5.98. The fourth-order valence-electron chi connectivity index (χ4n) is 2.24. The van der Waals surface area contributed by atoms with Gasteiger partial charge in [0.05, 0.1) is 0 Å². The smallest absolute Gasteiger partial charge is 0.122 e. The van der Waals surface area contributed by atoms with Crippen molar-refractivity contribution in [2.75, 3.05) is 0 Å². The summed E-state index contributed by atoms with van der Waals surface area (Å²) in [6.07, 6.45) is 0. The summed E-state index contributed by atoms with van der Waals surface area (Å²) >= 11 is 1.86. The third kappa shape index (κ3) is 4.58. The summed E-state index contributed by atoms with van der Waals surface area (Å²) in [4.78, 5) is 2.72. The molecular weight excluding hydrogens is 278 g/mol. The van der Waals surface area contributed by atoms with Crippen LogP contribution < -0.4 is 10.1 Å². The van der Waals surface area contributed by atoms with Crippen molar-refractivity contribution in [2.45, 2.75) is 53.8 Å². The van der Waals surface area contributed by atoms with Crippen molar-refractivity contribution in [2.24, 2.45) is 0 Å². The Morgan fingerprint density at radius 3 is 2.57 bits per heavy atom. The van der Waals surface area contributed by atoms with E-state index in [0.29, 0.717) is 12.6 Å². The van der Waals surface area contributed by atoms with E-state index in [0.717, 1.165) is 12.3 Å². The minimum Gasteiger partial charge on any atom is -0.489 e. The highest BCUT2D eigenvalue weighted by atomic mass is 32.1. The molecule has 1 N–H and O–H groups in total. The molecule has 0 saturated carbocycles. The van der Waals surface area contributed by atoms with E-state index in [1.54, 1.807) is 0 Å². The van der Waals surface area contributed by atoms with E-state index in [1.165, 1.54) is 26.4 Å². The highest BCUT2D eigenvalue weighted by Gasteiger charge is 2.08. The van der Waals surface area contributed by atoms with Crippen LogP contribution in [0, 0.1) is 20.8 Å². The molecule has 0 bridgehead atoms. The Morgan fingerprint density at radius 1 is 1.14 bits per heavy atom. The Morgan fingerprint density at radius 2 is 1.90 bits per heavy atom. The first kappa shape index (κ1) is 16.1. The summed E-state index contributed by atoms with van der Waals surface area (Å²) in [5, 5.41) is 3.46. The molecule has 0 amide bonds. The van der Waals surface area contributed by atoms with Crippen LogP contribution in [-0.4, -0.2) is 6.04 Å². The lowest BCUT2D eigenvalue weighted by atomic mass is 10.1. The Balaban J connectivity index is 1.99. The van der Waals surface area contributed by atoms with E-state index in [9.17, 15) is 0 Å². The van der Waals surface area contributed by atoms with Gasteiger partial charge < -0.3 is 10.1 Å². The van der Waals surface area contributed by atoms with Gasteiger partial charge in [0, 0.05) is 27.9 Å². The average Bonchev–Trinajstić information content (AvgIpc) is 2.76. The molecule has 0 atom stereocenters. The predicted octanol–water partition coefficient (Wildman–Crippen LogP) is 4.75. The van der Waals surface area contributed by atoms with Gasteiger partial charge in [0.15, 0.2) is 0 Å². The van der Waals surface area contributed by atoms with Crippen molar-refractivity contribution < 1.29 is 4.74 Å². The minimum absolute atomic E-state index is 0.516. The Kier molecular flexibility index (Phi) is 5.43. The molecule has 2 nitrogen and oxygen atoms in total. The van der Waals surface area contributed by atoms with Gasteiger partial charge in [-0.3, -0.25) is 0 Å². The molecule has 1 aromatic carbocycles. The van der Waals surface area contributed by atoms with E-state index in [2.05, 4.69) is 64.2 Å². The fourth-order valence-corrected chi connectivity index (χ4v) is 3.24. The first-order valence-electron chi connectivity index (χ1n) is 7.47. The highest BCUT2D eigenvalue weighted by molar-refractivity contribution is 7.12. The zero-order chi connectivity index (χ0) is 15.4. The summed E-state index contributed by atoms with van der Waals surface area (Å²) in [6.45, 7) is 12.3. The van der Waals surface area contributed by atoms with Crippen molar-refractivity contribution in [1.29, 1.82) is 0 Å². The number of ether oxygens (including phenoxy) is 1. The SMILES string of the molecule is Cc1ccc(OCc2cc(CNC(C)C)sc2C)c(C)c1. The predicted molar refractivity (Wildman–Crippen MR) is 91.3 cm³/mol. The molecule has 0 fully saturated rings. The largest absolute Gasteiger partial charge is 0.489 e. The summed E-state index contributed by atoms with van der Waals surface area (Å²) in [7, 11) is 0. The number of nitrogens with one attached hydrogen (secondary N) is 1. The van der Waals surface area contributed by atoms with Crippen molar-refractivity contribution in [1.82, 2.24) is 5.32 Å². The van der Waals surface area contributed by atoms with E-state index >= 15 is 0 Å². The lowest BCUT2D eigenvalue weighted by Crippen LogP contribution is -2.21. The molecule has 1 aromatic heterocycles. The second kappa shape index (κ2) is 7.10. The first-order chi connectivity index (χ1) is 9.95. The van der Waals surface area contributed by atoms with Crippen molar-refractivity contribution >= 4 is 11.3 Å². The summed E-state index contributed by atoms with van der Waals surface area (Å²) in [5.74, 6) is 0.980. The van der Waals surface area contributed by atoms with Crippen LogP contribution in [0.1, 0.15) is 40.3 Å². The monoisotopic (exact) mass is 303 g/mol. The fraction of sp³-hybridized carbons (Fsp3) is 0.444. The van der Waals surface area contributed by atoms with Gasteiger partial charge in [-0.05, 0) is 38.5 Å². The first-order valence-corrected chi connectivity index (χ1v) is 8.29. The number of aryl methyl sites for hydroxylation is 3. The summed E-state index contributed by atoms with van der Waals surface area (Å²) < 4.78 is 5.98. The molecule has 0 unspecified atom stereocenters. The van der Waals surface area contributed by atoms with E-state index in [4.69, 9.17) is 4.74 Å². The second-order valence-electron chi connectivity index (χ2n) is 5.89. The molecule has 1 heterocycles. The van der Waals surface area contributed by atoms with Gasteiger partial charge in [0.2, 0.25) is 0 Å². The third-order valence-electron chi connectivity index (χ3n) is 3.47. The lowest BCUT2D eigenvalue weighted by molar-refractivity contribution is 0.304. The molecule has 2 rings (SSSR count). The molecule has 114 valence electrons. The van der Waals surface area contributed by atoms with Crippen LogP contribution in [0.2, 0.25) is 0 Å². The van der Waals surface area contributed by atoms with Crippen LogP contribution in [0.4, 0.5) is 0 Å². The average molecular weight is 303 g/mol. The quantitative estimate of drug-likeness (QED) is 0.831. The molecule has 2 aromatic rings. The Labute approximate surface area is 132 Å². The Bertz CT molecular complexity index is 601. The van der Waals surface area contributed by atoms with Gasteiger partial charge in [-0.15, -0.1) is 11.3 Å². The molecular formula is C18H25NOS. The molecule has 0 aliphatic rings. The van der Waals surface area contributed by atoms with Crippen molar-refractivity contribution in [3.8, 4) is 5.75 Å². The topological polar surface area (TPSA) is 21.3 Å². The molecule has 3 heteroatoms. The number of benzene rings is 1. The van der Waals surface area contributed by atoms with Crippen LogP contribution in [0.25, 0.3) is 0 Å². The van der Waals surface area contributed by atoms with Gasteiger partial charge in [-0.25, -0.2) is 0 Å². The van der Waals surface area contributed by atoms with Crippen molar-refractivity contribution in [3.05, 3.63) is 50.7 Å². The maximum atomic E-state index is 5.98. The molecule has 0 radical (unpaired) electrons. The summed E-state index contributed by atoms with van der Waals surface area (Å²) in [6, 6.07) is 9.10. The Hall–Kier alpha value is -1.32. The molecule has 0 spiro atoms. The van der Waals surface area contributed by atoms with Crippen molar-refractivity contribution in [3.63, 3.8) is 0 Å². The third-order valence-corrected chi connectivity index (χ3v) is 4.56. The van der Waals surface area contributed by atoms with Crippen LogP contribution in [0.15, 0.2) is 24.3 Å². The molecule has 0 aliphatic carbocycles.